The third-order valence-electron chi connectivity index (χ3n) is 6.00. The lowest BCUT2D eigenvalue weighted by Crippen LogP contribution is -2.28. The van der Waals surface area contributed by atoms with Gasteiger partial charge in [0.05, 0.1) is 28.8 Å². The van der Waals surface area contributed by atoms with Crippen LogP contribution in [0.3, 0.4) is 0 Å². The van der Waals surface area contributed by atoms with Gasteiger partial charge in [-0.05, 0) is 42.3 Å². The number of nitriles is 1. The second kappa shape index (κ2) is 9.39. The first-order chi connectivity index (χ1) is 17.9. The highest BCUT2D eigenvalue weighted by Crippen LogP contribution is 2.28. The van der Waals surface area contributed by atoms with Gasteiger partial charge in [0.25, 0.3) is 5.56 Å². The summed E-state index contributed by atoms with van der Waals surface area (Å²) in [5, 5.41) is 13.1. The van der Waals surface area contributed by atoms with Gasteiger partial charge in [0.15, 0.2) is 0 Å². The Hall–Kier alpha value is -5.30. The smallest absolute Gasteiger partial charge is 0.266 e. The molecule has 0 unspecified atom stereocenters. The number of aryl methyl sites for hydroxylation is 1. The fourth-order valence-electron chi connectivity index (χ4n) is 4.22. The number of hydrogen-bond acceptors (Lipinski definition) is 8. The first kappa shape index (κ1) is 23.4. The number of nitrogens with zero attached hydrogens (tertiary/aromatic N) is 6. The number of anilines is 2. The normalized spacial score (nSPS) is 11.7. The van der Waals surface area contributed by atoms with Gasteiger partial charge in [0.1, 0.15) is 23.3 Å². The number of nitrogens with one attached hydrogen (secondary N) is 1. The highest BCUT2D eigenvalue weighted by Gasteiger charge is 2.21. The summed E-state index contributed by atoms with van der Waals surface area (Å²) in [6.07, 6.45) is 3.04. The van der Waals surface area contributed by atoms with Crippen LogP contribution < -0.4 is 22.2 Å². The van der Waals surface area contributed by atoms with Crippen molar-refractivity contribution in [1.29, 1.82) is 5.26 Å². The van der Waals surface area contributed by atoms with E-state index in [4.69, 9.17) is 10.7 Å². The molecule has 5 rings (SSSR count). The molecule has 0 fully saturated rings. The van der Waals surface area contributed by atoms with Crippen LogP contribution in [0.4, 0.5) is 11.8 Å². The lowest BCUT2D eigenvalue weighted by atomic mass is 10.0. The summed E-state index contributed by atoms with van der Waals surface area (Å²) in [5.41, 5.74) is 8.05. The van der Waals surface area contributed by atoms with Crippen molar-refractivity contribution in [3.8, 4) is 22.9 Å². The van der Waals surface area contributed by atoms with Crippen molar-refractivity contribution in [3.05, 3.63) is 105 Å². The highest BCUT2D eigenvalue weighted by molar-refractivity contribution is 5.94. The van der Waals surface area contributed by atoms with Crippen molar-refractivity contribution < 1.29 is 0 Å². The maximum absolute atomic E-state index is 14.2. The quantitative estimate of drug-likeness (QED) is 0.382. The summed E-state index contributed by atoms with van der Waals surface area (Å²) in [7, 11) is 1.66. The maximum Gasteiger partial charge on any atom is 0.266 e. The van der Waals surface area contributed by atoms with Crippen LogP contribution in [-0.2, 0) is 7.05 Å². The first-order valence-electron chi connectivity index (χ1n) is 11.4. The maximum atomic E-state index is 14.2. The number of benzene rings is 2. The Kier molecular flexibility index (Phi) is 5.95. The number of nitrogen functional groups attached to an aromatic ring is 1. The topological polar surface area (TPSA) is 145 Å². The minimum atomic E-state index is -0.542. The lowest BCUT2D eigenvalue weighted by Gasteiger charge is -2.21. The Balaban J connectivity index is 1.76. The van der Waals surface area contributed by atoms with Crippen molar-refractivity contribution >= 4 is 22.7 Å². The molecule has 1 atom stereocenters. The van der Waals surface area contributed by atoms with Crippen LogP contribution in [0.2, 0.25) is 0 Å². The number of fused-ring (bicyclic) bond motifs is 1. The largest absolute Gasteiger partial charge is 0.368 e. The Bertz CT molecular complexity index is 1800. The summed E-state index contributed by atoms with van der Waals surface area (Å²) in [5.74, 6) is 0.681. The molecule has 0 aliphatic carbocycles. The monoisotopic (exact) mass is 490 g/mol. The fourth-order valence-corrected chi connectivity index (χ4v) is 4.22. The standard InChI is InChI=1S/C27H22N8O2/c1-16(31-24-18(13-28)14-30-27(29)33-24)25-32-21-10-6-9-20(17-11-12-22(36)34(2)15-17)23(21)26(37)35(25)19-7-4-3-5-8-19/h3-12,14-16H,1-2H3,(H3,29,30,31,33)/t16-/m0/s1. The van der Waals surface area contributed by atoms with Gasteiger partial charge < -0.3 is 15.6 Å². The van der Waals surface area contributed by atoms with Gasteiger partial charge in [-0.3, -0.25) is 14.2 Å². The van der Waals surface area contributed by atoms with Crippen molar-refractivity contribution in [2.45, 2.75) is 13.0 Å². The molecule has 0 bridgehead atoms. The van der Waals surface area contributed by atoms with Crippen LogP contribution in [0, 0.1) is 11.3 Å². The van der Waals surface area contributed by atoms with Gasteiger partial charge in [-0.15, -0.1) is 0 Å². The van der Waals surface area contributed by atoms with Crippen LogP contribution in [0.5, 0.6) is 0 Å². The molecule has 5 aromatic rings. The zero-order valence-corrected chi connectivity index (χ0v) is 20.1. The number of para-hydroxylation sites is 1. The van der Waals surface area contributed by atoms with Gasteiger partial charge >= 0.3 is 0 Å². The van der Waals surface area contributed by atoms with E-state index < -0.39 is 6.04 Å². The third kappa shape index (κ3) is 4.30. The number of nitrogens with two attached hydrogens (primary N) is 1. The Morgan fingerprint density at radius 2 is 1.81 bits per heavy atom. The Morgan fingerprint density at radius 1 is 1.03 bits per heavy atom. The molecule has 37 heavy (non-hydrogen) atoms. The predicted octanol–water partition coefficient (Wildman–Crippen LogP) is 3.17. The summed E-state index contributed by atoms with van der Waals surface area (Å²) in [6, 6.07) is 19.3. The summed E-state index contributed by atoms with van der Waals surface area (Å²) in [4.78, 5) is 39.0. The summed E-state index contributed by atoms with van der Waals surface area (Å²) >= 11 is 0. The van der Waals surface area contributed by atoms with Crippen LogP contribution in [0.1, 0.15) is 24.4 Å². The van der Waals surface area contributed by atoms with Gasteiger partial charge in [0, 0.05) is 19.3 Å². The van der Waals surface area contributed by atoms with Gasteiger partial charge in [-0.2, -0.15) is 10.2 Å². The summed E-state index contributed by atoms with van der Waals surface area (Å²) < 4.78 is 3.01. The van der Waals surface area contributed by atoms with Crippen LogP contribution in [-0.4, -0.2) is 24.1 Å². The average molecular weight is 491 g/mol. The van der Waals surface area contributed by atoms with E-state index in [1.165, 1.54) is 16.8 Å². The number of aromatic nitrogens is 5. The molecule has 0 saturated heterocycles. The molecule has 3 heterocycles. The van der Waals surface area contributed by atoms with Crippen molar-refractivity contribution in [3.63, 3.8) is 0 Å². The van der Waals surface area contributed by atoms with Crippen LogP contribution >= 0.6 is 0 Å². The Morgan fingerprint density at radius 3 is 2.54 bits per heavy atom. The highest BCUT2D eigenvalue weighted by atomic mass is 16.1. The molecule has 0 spiro atoms. The van der Waals surface area contributed by atoms with E-state index in [0.29, 0.717) is 28.0 Å². The molecule has 0 aliphatic rings. The molecule has 0 radical (unpaired) electrons. The van der Waals surface area contributed by atoms with Crippen molar-refractivity contribution in [2.75, 3.05) is 11.1 Å². The molecule has 2 aromatic carbocycles. The molecular formula is C27H22N8O2. The van der Waals surface area contributed by atoms with Gasteiger partial charge in [0.2, 0.25) is 11.5 Å². The van der Waals surface area contributed by atoms with Crippen molar-refractivity contribution in [1.82, 2.24) is 24.1 Å². The van der Waals surface area contributed by atoms with Crippen molar-refractivity contribution in [2.24, 2.45) is 7.05 Å². The molecule has 0 saturated carbocycles. The molecule has 10 nitrogen and oxygen atoms in total. The molecule has 0 aliphatic heterocycles. The van der Waals surface area contributed by atoms with E-state index in [-0.39, 0.29) is 28.4 Å². The minimum Gasteiger partial charge on any atom is -0.368 e. The van der Waals surface area contributed by atoms with E-state index in [1.807, 2.05) is 55.5 Å². The second-order valence-electron chi connectivity index (χ2n) is 8.48. The summed E-state index contributed by atoms with van der Waals surface area (Å²) in [6.45, 7) is 1.82. The zero-order valence-electron chi connectivity index (χ0n) is 20.1. The van der Waals surface area contributed by atoms with E-state index in [2.05, 4.69) is 15.3 Å². The SMILES string of the molecule is C[C@H](Nc1nc(N)ncc1C#N)c1nc2cccc(-c3ccc(=O)n(C)c3)c2c(=O)n1-c1ccccc1. The molecule has 3 N–H and O–H groups in total. The molecule has 10 heteroatoms. The van der Waals surface area contributed by atoms with Crippen LogP contribution in [0.25, 0.3) is 27.7 Å². The first-order valence-corrected chi connectivity index (χ1v) is 11.4. The molecule has 0 amide bonds. The Labute approximate surface area is 211 Å². The molecule has 3 aromatic heterocycles. The number of rotatable bonds is 5. The van der Waals surface area contributed by atoms with E-state index in [0.717, 1.165) is 5.56 Å². The molecule has 182 valence electrons. The van der Waals surface area contributed by atoms with E-state index in [9.17, 15) is 14.9 Å². The molecular weight excluding hydrogens is 468 g/mol. The minimum absolute atomic E-state index is 0.0162. The predicted molar refractivity (Wildman–Crippen MR) is 141 cm³/mol. The van der Waals surface area contributed by atoms with Gasteiger partial charge in [-0.1, -0.05) is 30.3 Å². The van der Waals surface area contributed by atoms with E-state index >= 15 is 0 Å². The third-order valence-corrected chi connectivity index (χ3v) is 6.00. The van der Waals surface area contributed by atoms with Gasteiger partial charge in [-0.25, -0.2) is 9.97 Å². The van der Waals surface area contributed by atoms with E-state index in [1.54, 1.807) is 29.9 Å². The number of hydrogen-bond donors (Lipinski definition) is 2. The average Bonchev–Trinajstić information content (AvgIpc) is 2.90. The van der Waals surface area contributed by atoms with Crippen LogP contribution in [0.15, 0.2) is 82.6 Å². The fraction of sp³-hybridized carbons (Fsp3) is 0.111. The lowest BCUT2D eigenvalue weighted by molar-refractivity contribution is 0.730. The zero-order chi connectivity index (χ0) is 26.1. The number of pyridine rings is 1. The second-order valence-corrected chi connectivity index (χ2v) is 8.48.